The number of pyridine rings is 2. The van der Waals surface area contributed by atoms with E-state index in [0.29, 0.717) is 17.3 Å². The maximum absolute atomic E-state index is 11.5. The van der Waals surface area contributed by atoms with Crippen LogP contribution in [0.15, 0.2) is 41.6 Å². The number of aromatic nitrogens is 2. The van der Waals surface area contributed by atoms with Crippen LogP contribution in [0.25, 0.3) is 0 Å². The van der Waals surface area contributed by atoms with Gasteiger partial charge in [-0.15, -0.1) is 0 Å². The van der Waals surface area contributed by atoms with Gasteiger partial charge in [0.15, 0.2) is 0 Å². The Morgan fingerprint density at radius 1 is 1.38 bits per heavy atom. The van der Waals surface area contributed by atoms with Crippen LogP contribution in [-0.4, -0.2) is 9.55 Å². The third kappa shape index (κ3) is 2.23. The van der Waals surface area contributed by atoms with Crippen LogP contribution in [0.2, 0.25) is 5.02 Å². The molecule has 82 valence electrons. The minimum atomic E-state index is -0.109. The molecular formula is C11H10ClN3O. The van der Waals surface area contributed by atoms with Crippen LogP contribution < -0.4 is 11.3 Å². The van der Waals surface area contributed by atoms with Crippen molar-refractivity contribution in [3.8, 4) is 0 Å². The number of rotatable bonds is 2. The fourth-order valence-electron chi connectivity index (χ4n) is 1.39. The van der Waals surface area contributed by atoms with Crippen molar-refractivity contribution in [1.82, 2.24) is 9.55 Å². The molecule has 0 unspecified atom stereocenters. The summed E-state index contributed by atoms with van der Waals surface area (Å²) in [5.74, 6) is 0. The van der Waals surface area contributed by atoms with Crippen molar-refractivity contribution in [3.05, 3.63) is 57.7 Å². The number of hydrogen-bond acceptors (Lipinski definition) is 3. The first-order valence-electron chi connectivity index (χ1n) is 4.71. The SMILES string of the molecule is Nc1ccc(=O)n(Cc2ccncc2Cl)c1. The molecular weight excluding hydrogens is 226 g/mol. The highest BCUT2D eigenvalue weighted by Gasteiger charge is 2.02. The molecule has 2 rings (SSSR count). The van der Waals surface area contributed by atoms with Gasteiger partial charge in [0.1, 0.15) is 0 Å². The lowest BCUT2D eigenvalue weighted by Gasteiger charge is -2.07. The van der Waals surface area contributed by atoms with E-state index >= 15 is 0 Å². The van der Waals surface area contributed by atoms with Crippen LogP contribution in [0.4, 0.5) is 5.69 Å². The third-order valence-electron chi connectivity index (χ3n) is 2.20. The molecule has 0 aromatic carbocycles. The van der Waals surface area contributed by atoms with Crippen molar-refractivity contribution < 1.29 is 0 Å². The third-order valence-corrected chi connectivity index (χ3v) is 2.54. The van der Waals surface area contributed by atoms with Gasteiger partial charge in [-0.05, 0) is 17.7 Å². The summed E-state index contributed by atoms with van der Waals surface area (Å²) >= 11 is 5.96. The summed E-state index contributed by atoms with van der Waals surface area (Å²) in [6.45, 7) is 0.394. The topological polar surface area (TPSA) is 60.9 Å². The van der Waals surface area contributed by atoms with E-state index < -0.39 is 0 Å². The molecule has 2 aromatic rings. The lowest BCUT2D eigenvalue weighted by Crippen LogP contribution is -2.19. The van der Waals surface area contributed by atoms with Gasteiger partial charge in [0, 0.05) is 30.3 Å². The zero-order chi connectivity index (χ0) is 11.5. The van der Waals surface area contributed by atoms with Crippen LogP contribution in [0.3, 0.4) is 0 Å². The van der Waals surface area contributed by atoms with E-state index in [1.807, 2.05) is 0 Å². The molecule has 4 nitrogen and oxygen atoms in total. The van der Waals surface area contributed by atoms with Gasteiger partial charge >= 0.3 is 0 Å². The number of anilines is 1. The second-order valence-corrected chi connectivity index (χ2v) is 3.80. The summed E-state index contributed by atoms with van der Waals surface area (Å²) in [4.78, 5) is 15.4. The van der Waals surface area contributed by atoms with Crippen molar-refractivity contribution in [2.24, 2.45) is 0 Å². The second kappa shape index (κ2) is 4.37. The number of hydrogen-bond donors (Lipinski definition) is 1. The Labute approximate surface area is 97.3 Å². The Kier molecular flexibility index (Phi) is 2.92. The molecule has 16 heavy (non-hydrogen) atoms. The van der Waals surface area contributed by atoms with Gasteiger partial charge in [-0.2, -0.15) is 0 Å². The quantitative estimate of drug-likeness (QED) is 0.859. The summed E-state index contributed by atoms with van der Waals surface area (Å²) in [6, 6.07) is 4.79. The first kappa shape index (κ1) is 10.7. The Hall–Kier alpha value is -1.81. The standard InChI is InChI=1S/C11H10ClN3O/c12-10-5-14-4-3-8(10)6-15-7-9(13)1-2-11(15)16/h1-5,7H,6,13H2. The molecule has 0 saturated carbocycles. The van der Waals surface area contributed by atoms with Crippen LogP contribution in [0.5, 0.6) is 0 Å². The number of nitrogens with two attached hydrogens (primary N) is 1. The van der Waals surface area contributed by atoms with Crippen LogP contribution >= 0.6 is 11.6 Å². The van der Waals surface area contributed by atoms with Gasteiger partial charge in [0.2, 0.25) is 0 Å². The molecule has 0 saturated heterocycles. The molecule has 0 aliphatic carbocycles. The summed E-state index contributed by atoms with van der Waals surface area (Å²) in [7, 11) is 0. The van der Waals surface area contributed by atoms with Crippen molar-refractivity contribution >= 4 is 17.3 Å². The largest absolute Gasteiger partial charge is 0.398 e. The van der Waals surface area contributed by atoms with Crippen LogP contribution in [0, 0.1) is 0 Å². The van der Waals surface area contributed by atoms with Crippen molar-refractivity contribution in [1.29, 1.82) is 0 Å². The van der Waals surface area contributed by atoms with Crippen LogP contribution in [-0.2, 0) is 6.54 Å². The smallest absolute Gasteiger partial charge is 0.250 e. The summed E-state index contributed by atoms with van der Waals surface area (Å²) < 4.78 is 1.51. The van der Waals surface area contributed by atoms with Gasteiger partial charge in [-0.1, -0.05) is 11.6 Å². The van der Waals surface area contributed by atoms with E-state index in [4.69, 9.17) is 17.3 Å². The van der Waals surface area contributed by atoms with Gasteiger partial charge in [0.05, 0.1) is 11.6 Å². The minimum Gasteiger partial charge on any atom is -0.398 e. The minimum absolute atomic E-state index is 0.109. The average Bonchev–Trinajstić information content (AvgIpc) is 2.27. The van der Waals surface area contributed by atoms with E-state index in [1.165, 1.54) is 10.6 Å². The number of halogens is 1. The molecule has 0 fully saturated rings. The Bertz CT molecular complexity index is 565. The molecule has 0 atom stereocenters. The zero-order valence-electron chi connectivity index (χ0n) is 8.43. The predicted octanol–water partition coefficient (Wildman–Crippen LogP) is 1.53. The maximum atomic E-state index is 11.5. The normalized spacial score (nSPS) is 10.3. The lowest BCUT2D eigenvalue weighted by molar-refractivity contribution is 0.760. The first-order chi connectivity index (χ1) is 7.66. The predicted molar refractivity (Wildman–Crippen MR) is 63.5 cm³/mol. The molecule has 2 N–H and O–H groups in total. The van der Waals surface area contributed by atoms with Crippen molar-refractivity contribution in [3.63, 3.8) is 0 Å². The summed E-state index contributed by atoms with van der Waals surface area (Å²) in [5.41, 5.74) is 6.89. The number of nitrogens with zero attached hydrogens (tertiary/aromatic N) is 2. The van der Waals surface area contributed by atoms with E-state index in [9.17, 15) is 4.79 Å². The highest BCUT2D eigenvalue weighted by Crippen LogP contribution is 2.14. The van der Waals surface area contributed by atoms with E-state index in [1.54, 1.807) is 30.7 Å². The fourth-order valence-corrected chi connectivity index (χ4v) is 1.57. The zero-order valence-corrected chi connectivity index (χ0v) is 9.19. The second-order valence-electron chi connectivity index (χ2n) is 3.40. The van der Waals surface area contributed by atoms with E-state index in [2.05, 4.69) is 4.98 Å². The summed E-state index contributed by atoms with van der Waals surface area (Å²) in [5, 5.41) is 0.539. The molecule has 2 aromatic heterocycles. The molecule has 0 aliphatic heterocycles. The monoisotopic (exact) mass is 235 g/mol. The lowest BCUT2D eigenvalue weighted by atomic mass is 10.2. The van der Waals surface area contributed by atoms with Crippen molar-refractivity contribution in [2.75, 3.05) is 5.73 Å². The molecule has 0 amide bonds. The molecule has 2 heterocycles. The first-order valence-corrected chi connectivity index (χ1v) is 5.09. The van der Waals surface area contributed by atoms with E-state index in [-0.39, 0.29) is 5.56 Å². The Balaban J connectivity index is 2.38. The number of nitrogen functional groups attached to an aromatic ring is 1. The highest BCUT2D eigenvalue weighted by atomic mass is 35.5. The van der Waals surface area contributed by atoms with E-state index in [0.717, 1.165) is 5.56 Å². The van der Waals surface area contributed by atoms with Gasteiger partial charge in [-0.25, -0.2) is 0 Å². The van der Waals surface area contributed by atoms with Gasteiger partial charge in [0.25, 0.3) is 5.56 Å². The average molecular weight is 236 g/mol. The Morgan fingerprint density at radius 2 is 2.19 bits per heavy atom. The fraction of sp³-hybridized carbons (Fsp3) is 0.0909. The van der Waals surface area contributed by atoms with Crippen molar-refractivity contribution in [2.45, 2.75) is 6.54 Å². The van der Waals surface area contributed by atoms with Crippen LogP contribution in [0.1, 0.15) is 5.56 Å². The molecule has 0 bridgehead atoms. The maximum Gasteiger partial charge on any atom is 0.250 e. The molecule has 0 radical (unpaired) electrons. The molecule has 0 spiro atoms. The molecule has 0 aliphatic rings. The molecule has 5 heteroatoms. The Morgan fingerprint density at radius 3 is 2.94 bits per heavy atom. The summed E-state index contributed by atoms with van der Waals surface area (Å²) in [6.07, 6.45) is 4.78. The van der Waals surface area contributed by atoms with Gasteiger partial charge < -0.3 is 10.3 Å². The van der Waals surface area contributed by atoms with Gasteiger partial charge in [-0.3, -0.25) is 9.78 Å². The highest BCUT2D eigenvalue weighted by molar-refractivity contribution is 6.31.